The number of nitrogens with two attached hydrogens (primary N) is 1. The monoisotopic (exact) mass is 461 g/mol. The molecule has 4 rings (SSSR count). The highest BCUT2D eigenvalue weighted by Crippen LogP contribution is 2.44. The molecule has 7 nitrogen and oxygen atoms in total. The van der Waals surface area contributed by atoms with E-state index in [4.69, 9.17) is 25.0 Å². The maximum Gasteiger partial charge on any atom is 0.469 e. The molecule has 2 aromatic rings. The molecule has 32 heavy (non-hydrogen) atoms. The fraction of sp³-hybridized carbons (Fsp3) is 0.500. The summed E-state index contributed by atoms with van der Waals surface area (Å²) in [5, 5.41) is 0. The predicted molar refractivity (Wildman–Crippen MR) is 122 cm³/mol. The molecule has 1 fully saturated rings. The van der Waals surface area contributed by atoms with Crippen LogP contribution in [0.5, 0.6) is 5.75 Å². The van der Waals surface area contributed by atoms with Crippen LogP contribution in [0.4, 0.5) is 0 Å². The quantitative estimate of drug-likeness (QED) is 0.386. The highest BCUT2D eigenvalue weighted by atomic mass is 31.2. The Bertz CT molecular complexity index is 949. The topological polar surface area (TPSA) is 111 Å². The molecule has 0 spiro atoms. The molecule has 0 heterocycles. The van der Waals surface area contributed by atoms with Crippen LogP contribution in [0.1, 0.15) is 48.3 Å². The third-order valence-corrected chi connectivity index (χ3v) is 6.96. The Labute approximate surface area is 189 Å². The number of phosphoric acid groups is 1. The van der Waals surface area contributed by atoms with Gasteiger partial charge in [0.1, 0.15) is 12.4 Å². The molecule has 0 aliphatic heterocycles. The first kappa shape index (κ1) is 23.4. The van der Waals surface area contributed by atoms with Crippen LogP contribution in [-0.2, 0) is 26.7 Å². The van der Waals surface area contributed by atoms with Gasteiger partial charge in [-0.15, -0.1) is 0 Å². The van der Waals surface area contributed by atoms with Gasteiger partial charge in [-0.2, -0.15) is 0 Å². The lowest BCUT2D eigenvalue weighted by Gasteiger charge is -2.27. The van der Waals surface area contributed by atoms with Crippen molar-refractivity contribution in [2.24, 2.45) is 5.73 Å². The van der Waals surface area contributed by atoms with E-state index in [1.54, 1.807) is 0 Å². The van der Waals surface area contributed by atoms with Gasteiger partial charge in [-0.05, 0) is 73.3 Å². The van der Waals surface area contributed by atoms with E-state index in [9.17, 15) is 4.57 Å². The molecule has 4 N–H and O–H groups in total. The van der Waals surface area contributed by atoms with Crippen LogP contribution in [0, 0.1) is 0 Å². The summed E-state index contributed by atoms with van der Waals surface area (Å²) in [6.07, 6.45) is 5.34. The van der Waals surface area contributed by atoms with Crippen LogP contribution in [-0.4, -0.2) is 41.3 Å². The minimum absolute atomic E-state index is 0.119. The van der Waals surface area contributed by atoms with Gasteiger partial charge >= 0.3 is 7.82 Å². The van der Waals surface area contributed by atoms with Gasteiger partial charge in [0.2, 0.25) is 0 Å². The highest BCUT2D eigenvalue weighted by Gasteiger charge is 2.38. The number of aryl methyl sites for hydroxylation is 1. The average Bonchev–Trinajstić information content (AvgIpc) is 3.18. The van der Waals surface area contributed by atoms with Gasteiger partial charge in [0, 0.05) is 5.54 Å². The molecule has 8 heteroatoms. The summed E-state index contributed by atoms with van der Waals surface area (Å²) in [5.41, 5.74) is 9.60. The van der Waals surface area contributed by atoms with Crippen molar-refractivity contribution in [2.45, 2.75) is 56.1 Å². The molecule has 174 valence electrons. The molecule has 0 amide bonds. The Morgan fingerprint density at radius 1 is 1.06 bits per heavy atom. The van der Waals surface area contributed by atoms with Crippen molar-refractivity contribution in [2.75, 3.05) is 19.8 Å². The molecule has 2 aliphatic carbocycles. The third-order valence-electron chi connectivity index (χ3n) is 6.50. The van der Waals surface area contributed by atoms with Crippen LogP contribution in [0.3, 0.4) is 0 Å². The zero-order valence-corrected chi connectivity index (χ0v) is 19.1. The van der Waals surface area contributed by atoms with E-state index < -0.39 is 13.4 Å². The maximum absolute atomic E-state index is 11.0. The SMILES string of the molecule is N[C@@]1(COP(=O)(O)O)CC[C@@H](c2ccc3c(c2)CC[C@H](OCCOc2ccccc2)C3)C1. The Balaban J connectivity index is 1.26. The van der Waals surface area contributed by atoms with E-state index in [2.05, 4.69) is 22.7 Å². The van der Waals surface area contributed by atoms with Gasteiger partial charge in [0.25, 0.3) is 0 Å². The summed E-state index contributed by atoms with van der Waals surface area (Å²) in [6, 6.07) is 16.4. The van der Waals surface area contributed by atoms with Crippen LogP contribution < -0.4 is 10.5 Å². The number of hydrogen-bond donors (Lipinski definition) is 3. The Kier molecular flexibility index (Phi) is 7.35. The lowest BCUT2D eigenvalue weighted by Crippen LogP contribution is -2.41. The smallest absolute Gasteiger partial charge is 0.469 e. The molecule has 3 atom stereocenters. The van der Waals surface area contributed by atoms with E-state index in [0.29, 0.717) is 26.1 Å². The Morgan fingerprint density at radius 3 is 2.66 bits per heavy atom. The van der Waals surface area contributed by atoms with Crippen molar-refractivity contribution in [1.82, 2.24) is 0 Å². The summed E-state index contributed by atoms with van der Waals surface area (Å²) < 4.78 is 27.5. The van der Waals surface area contributed by atoms with E-state index >= 15 is 0 Å². The molecule has 2 aliphatic rings. The van der Waals surface area contributed by atoms with Crippen molar-refractivity contribution in [3.05, 3.63) is 65.2 Å². The highest BCUT2D eigenvalue weighted by molar-refractivity contribution is 7.46. The predicted octanol–water partition coefficient (Wildman–Crippen LogP) is 3.71. The zero-order chi connectivity index (χ0) is 22.6. The van der Waals surface area contributed by atoms with E-state index in [-0.39, 0.29) is 18.6 Å². The number of ether oxygens (including phenoxy) is 2. The van der Waals surface area contributed by atoms with Crippen molar-refractivity contribution in [3.8, 4) is 5.75 Å². The van der Waals surface area contributed by atoms with Gasteiger partial charge in [0.15, 0.2) is 0 Å². The number of phosphoric ester groups is 1. The average molecular weight is 461 g/mol. The standard InChI is InChI=1S/C24H32NO6P/c25-24(17-31-32(26,27)28)11-10-21(16-24)19-6-7-20-15-23(9-8-18(20)14-19)30-13-12-29-22-4-2-1-3-5-22/h1-7,14,21,23H,8-13,15-17,25H2,(H2,26,27,28)/t21-,23+,24+/m1/s1. The van der Waals surface area contributed by atoms with Crippen LogP contribution in [0.2, 0.25) is 0 Å². The summed E-state index contributed by atoms with van der Waals surface area (Å²) >= 11 is 0. The fourth-order valence-electron chi connectivity index (χ4n) is 4.81. The van der Waals surface area contributed by atoms with Gasteiger partial charge in [-0.1, -0.05) is 36.4 Å². The second-order valence-electron chi connectivity index (χ2n) is 8.99. The number of para-hydroxylation sites is 1. The van der Waals surface area contributed by atoms with Crippen molar-refractivity contribution >= 4 is 7.82 Å². The minimum Gasteiger partial charge on any atom is -0.491 e. The fourth-order valence-corrected chi connectivity index (χ4v) is 5.24. The van der Waals surface area contributed by atoms with Crippen molar-refractivity contribution in [1.29, 1.82) is 0 Å². The van der Waals surface area contributed by atoms with Crippen molar-refractivity contribution < 1.29 is 28.3 Å². The number of hydrogen-bond acceptors (Lipinski definition) is 5. The van der Waals surface area contributed by atoms with Gasteiger partial charge in [-0.3, -0.25) is 4.52 Å². The molecule has 0 unspecified atom stereocenters. The summed E-state index contributed by atoms with van der Waals surface area (Å²) in [4.78, 5) is 17.9. The van der Waals surface area contributed by atoms with Crippen molar-refractivity contribution in [3.63, 3.8) is 0 Å². The molecule has 0 radical (unpaired) electrons. The first-order valence-electron chi connectivity index (χ1n) is 11.2. The lowest BCUT2D eigenvalue weighted by molar-refractivity contribution is 0.0262. The normalized spacial score (nSPS) is 25.5. The summed E-state index contributed by atoms with van der Waals surface area (Å²) in [5.74, 6) is 1.15. The first-order chi connectivity index (χ1) is 15.3. The molecule has 0 saturated heterocycles. The van der Waals surface area contributed by atoms with E-state index in [0.717, 1.165) is 31.4 Å². The number of benzene rings is 2. The Morgan fingerprint density at radius 2 is 1.88 bits per heavy atom. The third kappa shape index (κ3) is 6.41. The molecule has 1 saturated carbocycles. The van der Waals surface area contributed by atoms with E-state index in [1.165, 1.54) is 16.7 Å². The van der Waals surface area contributed by atoms with Crippen LogP contribution >= 0.6 is 7.82 Å². The maximum atomic E-state index is 11.0. The zero-order valence-electron chi connectivity index (χ0n) is 18.2. The lowest BCUT2D eigenvalue weighted by atomic mass is 9.85. The number of rotatable bonds is 9. The molecule has 2 aromatic carbocycles. The molecular formula is C24H32NO6P. The molecule has 0 bridgehead atoms. The molecular weight excluding hydrogens is 429 g/mol. The summed E-state index contributed by atoms with van der Waals surface area (Å²) in [6.45, 7) is 0.997. The minimum atomic E-state index is -4.50. The van der Waals surface area contributed by atoms with Crippen LogP contribution in [0.15, 0.2) is 48.5 Å². The van der Waals surface area contributed by atoms with Gasteiger partial charge in [-0.25, -0.2) is 4.57 Å². The van der Waals surface area contributed by atoms with Gasteiger partial charge in [0.05, 0.1) is 19.3 Å². The first-order valence-corrected chi connectivity index (χ1v) is 12.7. The van der Waals surface area contributed by atoms with Gasteiger partial charge < -0.3 is 25.0 Å². The van der Waals surface area contributed by atoms with E-state index in [1.807, 2.05) is 30.3 Å². The number of fused-ring (bicyclic) bond motifs is 1. The second kappa shape index (κ2) is 10.0. The summed E-state index contributed by atoms with van der Waals surface area (Å²) in [7, 11) is -4.50. The largest absolute Gasteiger partial charge is 0.491 e. The second-order valence-corrected chi connectivity index (χ2v) is 10.2. The molecule has 0 aromatic heterocycles. The Hall–Kier alpha value is -1.73. The van der Waals surface area contributed by atoms with Crippen LogP contribution in [0.25, 0.3) is 0 Å².